The average Bonchev–Trinajstić information content (AvgIpc) is 2.79. The van der Waals surface area contributed by atoms with Gasteiger partial charge in [-0.3, -0.25) is 9.59 Å². The van der Waals surface area contributed by atoms with E-state index in [-0.39, 0.29) is 11.7 Å². The molecule has 0 unspecified atom stereocenters. The number of Topliss-reactive ketones (excluding diaryl/α,β-unsaturated/α-hetero) is 1. The molecule has 1 aromatic carbocycles. The lowest BCUT2D eigenvalue weighted by Crippen LogP contribution is -2.48. The van der Waals surface area contributed by atoms with Gasteiger partial charge < -0.3 is 10.1 Å². The number of nitrogens with one attached hydrogen (secondary N) is 1. The normalized spacial score (nSPS) is 33.6. The standard InChI is InChI=1S/C18H21BrClNO3/c1-16(2)17(3)7-8-18(16,13(19)14(17)22)15(23)21-11-9-10(20)5-6-12(11)24-4/h5-6,9,13H,7-8H2,1-4H3,(H,21,23)/t13-,17-,18+/m0/s1. The van der Waals surface area contributed by atoms with E-state index in [4.69, 9.17) is 16.3 Å². The highest BCUT2D eigenvalue weighted by molar-refractivity contribution is 9.10. The van der Waals surface area contributed by atoms with Gasteiger partial charge in [0, 0.05) is 10.4 Å². The maximum absolute atomic E-state index is 13.3. The van der Waals surface area contributed by atoms with Crippen LogP contribution in [0, 0.1) is 16.2 Å². The molecular formula is C18H21BrClNO3. The number of halogens is 2. The highest BCUT2D eigenvalue weighted by Crippen LogP contribution is 2.72. The molecule has 1 N–H and O–H groups in total. The van der Waals surface area contributed by atoms with Crippen LogP contribution in [0.4, 0.5) is 5.69 Å². The molecule has 2 aliphatic rings. The first kappa shape index (κ1) is 17.7. The minimum Gasteiger partial charge on any atom is -0.495 e. The third-order valence-electron chi connectivity index (χ3n) is 6.54. The Labute approximate surface area is 155 Å². The third-order valence-corrected chi connectivity index (χ3v) is 7.97. The van der Waals surface area contributed by atoms with E-state index in [1.807, 2.05) is 20.8 Å². The Morgan fingerprint density at radius 3 is 2.54 bits per heavy atom. The predicted molar refractivity (Wildman–Crippen MR) is 97.9 cm³/mol. The second kappa shape index (κ2) is 5.46. The van der Waals surface area contributed by atoms with Gasteiger partial charge in [0.25, 0.3) is 0 Å². The molecule has 0 saturated heterocycles. The molecule has 1 amide bonds. The molecule has 0 aliphatic heterocycles. The summed E-state index contributed by atoms with van der Waals surface area (Å²) < 4.78 is 5.31. The van der Waals surface area contributed by atoms with Crippen LogP contribution in [0.3, 0.4) is 0 Å². The van der Waals surface area contributed by atoms with E-state index in [1.54, 1.807) is 25.3 Å². The van der Waals surface area contributed by atoms with Gasteiger partial charge in [-0.25, -0.2) is 0 Å². The second-order valence-corrected chi connectivity index (χ2v) is 8.81. The molecule has 3 rings (SSSR count). The number of fused-ring (bicyclic) bond motifs is 2. The lowest BCUT2D eigenvalue weighted by molar-refractivity contribution is -0.130. The third kappa shape index (κ3) is 1.97. The quantitative estimate of drug-likeness (QED) is 0.744. The number of methoxy groups -OCH3 is 1. The molecule has 0 spiro atoms. The zero-order valence-electron chi connectivity index (χ0n) is 14.2. The number of anilines is 1. The summed E-state index contributed by atoms with van der Waals surface area (Å²) in [5, 5.41) is 3.47. The van der Waals surface area contributed by atoms with E-state index in [1.165, 1.54) is 0 Å². The van der Waals surface area contributed by atoms with Crippen LogP contribution >= 0.6 is 27.5 Å². The van der Waals surface area contributed by atoms with Crippen LogP contribution in [0.5, 0.6) is 5.75 Å². The first-order valence-electron chi connectivity index (χ1n) is 7.95. The summed E-state index contributed by atoms with van der Waals surface area (Å²) in [4.78, 5) is 25.6. The highest BCUT2D eigenvalue weighted by Gasteiger charge is 2.76. The molecular weight excluding hydrogens is 394 g/mol. The Kier molecular flexibility index (Phi) is 4.04. The Balaban J connectivity index is 2.02. The van der Waals surface area contributed by atoms with Gasteiger partial charge >= 0.3 is 0 Å². The lowest BCUT2D eigenvalue weighted by atomic mass is 9.64. The zero-order valence-corrected chi connectivity index (χ0v) is 16.5. The van der Waals surface area contributed by atoms with Crippen LogP contribution < -0.4 is 10.1 Å². The van der Waals surface area contributed by atoms with Crippen LogP contribution in [0.25, 0.3) is 0 Å². The molecule has 2 aliphatic carbocycles. The van der Waals surface area contributed by atoms with Gasteiger partial charge in [-0.2, -0.15) is 0 Å². The average molecular weight is 415 g/mol. The second-order valence-electron chi connectivity index (χ2n) is 7.45. The fourth-order valence-corrected chi connectivity index (χ4v) is 6.15. The summed E-state index contributed by atoms with van der Waals surface area (Å²) >= 11 is 9.58. The van der Waals surface area contributed by atoms with Crippen molar-refractivity contribution in [2.24, 2.45) is 16.2 Å². The van der Waals surface area contributed by atoms with Crippen LogP contribution in [0.1, 0.15) is 33.6 Å². The summed E-state index contributed by atoms with van der Waals surface area (Å²) in [5.41, 5.74) is -1.20. The van der Waals surface area contributed by atoms with Crippen molar-refractivity contribution >= 4 is 44.9 Å². The first-order chi connectivity index (χ1) is 11.1. The van der Waals surface area contributed by atoms with Crippen LogP contribution in [0.2, 0.25) is 5.02 Å². The molecule has 0 radical (unpaired) electrons. The summed E-state index contributed by atoms with van der Waals surface area (Å²) in [5.74, 6) is 0.495. The Hall–Kier alpha value is -1.07. The van der Waals surface area contributed by atoms with E-state index in [2.05, 4.69) is 21.2 Å². The van der Waals surface area contributed by atoms with Crippen molar-refractivity contribution in [2.45, 2.75) is 38.4 Å². The lowest BCUT2D eigenvalue weighted by Gasteiger charge is -2.39. The molecule has 130 valence electrons. The molecule has 2 fully saturated rings. The molecule has 3 atom stereocenters. The Bertz CT molecular complexity index is 735. The molecule has 4 nitrogen and oxygen atoms in total. The summed E-state index contributed by atoms with van der Waals surface area (Å²) in [6, 6.07) is 5.08. The number of ketones is 1. The van der Waals surface area contributed by atoms with Crippen molar-refractivity contribution in [1.82, 2.24) is 0 Å². The maximum atomic E-state index is 13.3. The van der Waals surface area contributed by atoms with E-state index in [0.717, 1.165) is 6.42 Å². The van der Waals surface area contributed by atoms with Gasteiger partial charge in [0.15, 0.2) is 5.78 Å². The van der Waals surface area contributed by atoms with Crippen molar-refractivity contribution in [1.29, 1.82) is 0 Å². The van der Waals surface area contributed by atoms with E-state index in [9.17, 15) is 9.59 Å². The van der Waals surface area contributed by atoms with Gasteiger partial charge in [0.1, 0.15) is 5.75 Å². The number of hydrogen-bond acceptors (Lipinski definition) is 3. The molecule has 6 heteroatoms. The molecule has 0 aromatic heterocycles. The Morgan fingerprint density at radius 2 is 2.00 bits per heavy atom. The first-order valence-corrected chi connectivity index (χ1v) is 9.24. The van der Waals surface area contributed by atoms with Crippen LogP contribution in [-0.2, 0) is 9.59 Å². The molecule has 0 heterocycles. The predicted octanol–water partition coefficient (Wildman–Crippen LogP) is 4.45. The van der Waals surface area contributed by atoms with Crippen LogP contribution in [-0.4, -0.2) is 23.6 Å². The number of ether oxygens (including phenoxy) is 1. The molecule has 24 heavy (non-hydrogen) atoms. The number of amides is 1. The smallest absolute Gasteiger partial charge is 0.232 e. The van der Waals surface area contributed by atoms with E-state index < -0.39 is 21.1 Å². The summed E-state index contributed by atoms with van der Waals surface area (Å²) in [6.07, 6.45) is 1.40. The number of hydrogen-bond donors (Lipinski definition) is 1. The Morgan fingerprint density at radius 1 is 1.33 bits per heavy atom. The van der Waals surface area contributed by atoms with Gasteiger partial charge in [-0.1, -0.05) is 48.3 Å². The number of carbonyl (C=O) groups excluding carboxylic acids is 2. The molecule has 2 saturated carbocycles. The van der Waals surface area contributed by atoms with Gasteiger partial charge in [0.2, 0.25) is 5.91 Å². The number of rotatable bonds is 3. The number of alkyl halides is 1. The topological polar surface area (TPSA) is 55.4 Å². The van der Waals surface area contributed by atoms with Crippen molar-refractivity contribution in [3.63, 3.8) is 0 Å². The van der Waals surface area contributed by atoms with Gasteiger partial charge in [0.05, 0.1) is 23.0 Å². The van der Waals surface area contributed by atoms with Crippen molar-refractivity contribution < 1.29 is 14.3 Å². The number of carbonyl (C=O) groups is 2. The summed E-state index contributed by atoms with van der Waals surface area (Å²) in [6.45, 7) is 6.02. The minimum atomic E-state index is -0.786. The fraction of sp³-hybridized carbons (Fsp3) is 0.556. The maximum Gasteiger partial charge on any atom is 0.232 e. The molecule has 2 bridgehead atoms. The van der Waals surface area contributed by atoms with Gasteiger partial charge in [-0.05, 0) is 36.5 Å². The largest absolute Gasteiger partial charge is 0.495 e. The SMILES string of the molecule is COc1ccc(Cl)cc1NC(=O)[C@@]12CC[C@@](C)(C(=O)[C@@H]1Br)C2(C)C. The summed E-state index contributed by atoms with van der Waals surface area (Å²) in [7, 11) is 1.54. The van der Waals surface area contributed by atoms with E-state index in [0.29, 0.717) is 22.9 Å². The zero-order chi connectivity index (χ0) is 17.9. The van der Waals surface area contributed by atoms with Crippen molar-refractivity contribution in [3.05, 3.63) is 23.2 Å². The van der Waals surface area contributed by atoms with Crippen LogP contribution in [0.15, 0.2) is 18.2 Å². The highest BCUT2D eigenvalue weighted by atomic mass is 79.9. The number of benzene rings is 1. The van der Waals surface area contributed by atoms with Crippen molar-refractivity contribution in [3.8, 4) is 5.75 Å². The van der Waals surface area contributed by atoms with Gasteiger partial charge in [-0.15, -0.1) is 0 Å². The van der Waals surface area contributed by atoms with E-state index >= 15 is 0 Å². The monoisotopic (exact) mass is 413 g/mol. The van der Waals surface area contributed by atoms with Crippen molar-refractivity contribution in [2.75, 3.05) is 12.4 Å². The molecule has 1 aromatic rings. The fourth-order valence-electron chi connectivity index (χ4n) is 4.47. The minimum absolute atomic E-state index is 0.118.